The molecule has 0 atom stereocenters. The van der Waals surface area contributed by atoms with Crippen LogP contribution in [0.5, 0.6) is 0 Å². The first kappa shape index (κ1) is 19.5. The zero-order chi connectivity index (χ0) is 21.7. The lowest BCUT2D eigenvalue weighted by Crippen LogP contribution is -2.40. The maximum Gasteiger partial charge on any atom is 0.306 e. The molecule has 0 bridgehead atoms. The molecule has 5 rings (SSSR count). The number of aromatic amines is 1. The van der Waals surface area contributed by atoms with E-state index >= 15 is 0 Å². The third kappa shape index (κ3) is 3.40. The lowest BCUT2D eigenvalue weighted by Gasteiger charge is -2.34. The van der Waals surface area contributed by atoms with Crippen molar-refractivity contribution >= 4 is 33.6 Å². The highest BCUT2D eigenvalue weighted by Gasteiger charge is 2.35. The maximum absolute atomic E-state index is 13.7. The number of hydrogen-bond acceptors (Lipinski definition) is 4. The number of anilines is 1. The Kier molecular flexibility index (Phi) is 4.61. The van der Waals surface area contributed by atoms with E-state index in [9.17, 15) is 14.3 Å². The van der Waals surface area contributed by atoms with Gasteiger partial charge in [-0.3, -0.25) is 9.89 Å². The summed E-state index contributed by atoms with van der Waals surface area (Å²) < 4.78 is 13.7. The third-order valence-electron chi connectivity index (χ3n) is 6.12. The monoisotopic (exact) mass is 418 g/mol. The number of pyridine rings is 1. The van der Waals surface area contributed by atoms with Crippen LogP contribution in [0.4, 0.5) is 10.2 Å². The number of aromatic nitrogens is 3. The summed E-state index contributed by atoms with van der Waals surface area (Å²) >= 11 is 0. The number of aliphatic carboxylic acids is 1. The van der Waals surface area contributed by atoms with E-state index in [0.29, 0.717) is 12.8 Å². The molecule has 2 aromatic carbocycles. The van der Waals surface area contributed by atoms with Crippen molar-refractivity contribution in [1.29, 1.82) is 0 Å². The summed E-state index contributed by atoms with van der Waals surface area (Å²) in [4.78, 5) is 16.2. The van der Waals surface area contributed by atoms with Gasteiger partial charge in [-0.1, -0.05) is 26.0 Å². The van der Waals surface area contributed by atoms with Gasteiger partial charge >= 0.3 is 5.97 Å². The highest BCUT2D eigenvalue weighted by atomic mass is 19.1. The molecule has 0 amide bonds. The van der Waals surface area contributed by atoms with Crippen molar-refractivity contribution in [2.24, 2.45) is 5.92 Å². The molecule has 1 saturated carbocycles. The van der Waals surface area contributed by atoms with Crippen LogP contribution >= 0.6 is 0 Å². The normalized spacial score (nSPS) is 18.5. The molecule has 2 heterocycles. The number of carboxylic acid groups (broad SMARTS) is 1. The van der Waals surface area contributed by atoms with Gasteiger partial charge in [0.15, 0.2) is 0 Å². The summed E-state index contributed by atoms with van der Waals surface area (Å²) in [6.07, 6.45) is 2.95. The van der Waals surface area contributed by atoms with Gasteiger partial charge in [-0.15, -0.1) is 0 Å². The Hall–Kier alpha value is -3.48. The highest BCUT2D eigenvalue weighted by molar-refractivity contribution is 6.04. The number of rotatable bonds is 5. The van der Waals surface area contributed by atoms with Crippen LogP contribution in [-0.4, -0.2) is 32.3 Å². The first-order valence-corrected chi connectivity index (χ1v) is 10.5. The van der Waals surface area contributed by atoms with Crippen LogP contribution in [0.25, 0.3) is 32.9 Å². The van der Waals surface area contributed by atoms with Crippen LogP contribution in [0.3, 0.4) is 0 Å². The second kappa shape index (κ2) is 7.34. The van der Waals surface area contributed by atoms with E-state index in [2.05, 4.69) is 35.4 Å². The number of carbonyl (C=O) groups is 1. The van der Waals surface area contributed by atoms with Gasteiger partial charge in [0.1, 0.15) is 11.6 Å². The van der Waals surface area contributed by atoms with Crippen LogP contribution in [-0.2, 0) is 4.79 Å². The molecule has 1 aliphatic carbocycles. The second-order valence-electron chi connectivity index (χ2n) is 8.59. The van der Waals surface area contributed by atoms with E-state index < -0.39 is 5.97 Å². The van der Waals surface area contributed by atoms with Crippen molar-refractivity contribution < 1.29 is 14.3 Å². The minimum absolute atomic E-state index is 0.0699. The zero-order valence-corrected chi connectivity index (χ0v) is 17.3. The Bertz CT molecular complexity index is 1290. The topological polar surface area (TPSA) is 90.9 Å². The Balaban J connectivity index is 1.72. The molecule has 2 aromatic heterocycles. The maximum atomic E-state index is 13.7. The van der Waals surface area contributed by atoms with Crippen molar-refractivity contribution in [3.8, 4) is 11.1 Å². The van der Waals surface area contributed by atoms with Gasteiger partial charge in [0.2, 0.25) is 0 Å². The number of hydrogen-bond donors (Lipinski definition) is 3. The van der Waals surface area contributed by atoms with Gasteiger partial charge in [-0.2, -0.15) is 5.10 Å². The lowest BCUT2D eigenvalue weighted by molar-refractivity contribution is -0.144. The number of carboxylic acids is 1. The standard InChI is InChI=1S/C24H23FN4O2/c1-12(2)21-22(13-3-5-16(25)6-4-13)18-9-15-11-26-29-19(15)10-20(18)28-23(21)27-17-7-14(8-17)24(30)31/h3-6,9-12,14,17H,7-8H2,1-2H3,(H,26,29)(H,27,28)(H,30,31). The smallest absolute Gasteiger partial charge is 0.306 e. The van der Waals surface area contributed by atoms with Gasteiger partial charge in [0, 0.05) is 22.4 Å². The zero-order valence-electron chi connectivity index (χ0n) is 17.3. The average molecular weight is 418 g/mol. The molecule has 158 valence electrons. The van der Waals surface area contributed by atoms with E-state index in [1.807, 2.05) is 6.07 Å². The Morgan fingerprint density at radius 2 is 1.97 bits per heavy atom. The fraction of sp³-hybridized carbons (Fsp3) is 0.292. The summed E-state index contributed by atoms with van der Waals surface area (Å²) in [5, 5.41) is 21.8. The predicted octanol–water partition coefficient (Wildman–Crippen LogP) is 5.32. The average Bonchev–Trinajstić information content (AvgIpc) is 3.15. The lowest BCUT2D eigenvalue weighted by atomic mass is 9.80. The van der Waals surface area contributed by atoms with Gasteiger partial charge in [-0.05, 0) is 54.2 Å². The quantitative estimate of drug-likeness (QED) is 0.408. The Labute approximate surface area is 178 Å². The van der Waals surface area contributed by atoms with Gasteiger partial charge in [0.25, 0.3) is 0 Å². The number of nitrogens with zero attached hydrogens (tertiary/aromatic N) is 2. The summed E-state index contributed by atoms with van der Waals surface area (Å²) in [5.74, 6) is -0.425. The fourth-order valence-electron chi connectivity index (χ4n) is 4.45. The molecule has 1 fully saturated rings. The van der Waals surface area contributed by atoms with Crippen molar-refractivity contribution in [2.45, 2.75) is 38.6 Å². The molecular weight excluding hydrogens is 395 g/mol. The third-order valence-corrected chi connectivity index (χ3v) is 6.12. The molecular formula is C24H23FN4O2. The van der Waals surface area contributed by atoms with E-state index in [0.717, 1.165) is 44.3 Å². The SMILES string of the molecule is CC(C)c1c(NC2CC(C(=O)O)C2)nc2cc3[nH]ncc3cc2c1-c1ccc(F)cc1. The molecule has 3 N–H and O–H groups in total. The molecule has 0 unspecified atom stereocenters. The van der Waals surface area contributed by atoms with E-state index in [1.54, 1.807) is 18.3 Å². The Morgan fingerprint density at radius 3 is 2.65 bits per heavy atom. The van der Waals surface area contributed by atoms with Crippen molar-refractivity contribution in [3.05, 3.63) is 54.0 Å². The van der Waals surface area contributed by atoms with E-state index in [4.69, 9.17) is 4.98 Å². The van der Waals surface area contributed by atoms with Gasteiger partial charge < -0.3 is 10.4 Å². The first-order valence-electron chi connectivity index (χ1n) is 10.5. The van der Waals surface area contributed by atoms with E-state index in [-0.39, 0.29) is 23.7 Å². The minimum Gasteiger partial charge on any atom is -0.481 e. The number of benzene rings is 2. The number of nitrogens with one attached hydrogen (secondary N) is 2. The van der Waals surface area contributed by atoms with Crippen LogP contribution in [0.2, 0.25) is 0 Å². The molecule has 0 aliphatic heterocycles. The molecule has 1 aliphatic rings. The van der Waals surface area contributed by atoms with Crippen molar-refractivity contribution in [2.75, 3.05) is 5.32 Å². The molecule has 0 radical (unpaired) electrons. The Morgan fingerprint density at radius 1 is 1.23 bits per heavy atom. The number of fused-ring (bicyclic) bond motifs is 2. The molecule has 31 heavy (non-hydrogen) atoms. The van der Waals surface area contributed by atoms with Crippen LogP contribution in [0.15, 0.2) is 42.6 Å². The second-order valence-corrected chi connectivity index (χ2v) is 8.59. The highest BCUT2D eigenvalue weighted by Crippen LogP contribution is 2.42. The number of H-pyrrole nitrogens is 1. The largest absolute Gasteiger partial charge is 0.481 e. The predicted molar refractivity (Wildman–Crippen MR) is 119 cm³/mol. The first-order chi connectivity index (χ1) is 14.9. The van der Waals surface area contributed by atoms with Gasteiger partial charge in [0.05, 0.1) is 23.1 Å². The molecule has 7 heteroatoms. The molecule has 0 saturated heterocycles. The van der Waals surface area contributed by atoms with Crippen LogP contribution in [0, 0.1) is 11.7 Å². The van der Waals surface area contributed by atoms with Crippen LogP contribution < -0.4 is 5.32 Å². The number of halogens is 1. The van der Waals surface area contributed by atoms with Crippen molar-refractivity contribution in [3.63, 3.8) is 0 Å². The molecule has 6 nitrogen and oxygen atoms in total. The van der Waals surface area contributed by atoms with E-state index in [1.165, 1.54) is 12.1 Å². The summed E-state index contributed by atoms with van der Waals surface area (Å²) in [6.45, 7) is 4.22. The van der Waals surface area contributed by atoms with Gasteiger partial charge in [-0.25, -0.2) is 9.37 Å². The molecule has 4 aromatic rings. The summed E-state index contributed by atoms with van der Waals surface area (Å²) in [6, 6.07) is 10.6. The van der Waals surface area contributed by atoms with Crippen LogP contribution in [0.1, 0.15) is 38.2 Å². The summed E-state index contributed by atoms with van der Waals surface area (Å²) in [5.41, 5.74) is 4.67. The summed E-state index contributed by atoms with van der Waals surface area (Å²) in [7, 11) is 0. The molecule has 0 spiro atoms. The van der Waals surface area contributed by atoms with Crippen molar-refractivity contribution in [1.82, 2.24) is 15.2 Å². The minimum atomic E-state index is -0.748. The fourth-order valence-corrected chi connectivity index (χ4v) is 4.45.